The molecule has 3 aromatic carbocycles. The molecule has 0 N–H and O–H groups in total. The van der Waals surface area contributed by atoms with Crippen molar-refractivity contribution in [3.63, 3.8) is 0 Å². The van der Waals surface area contributed by atoms with Crippen LogP contribution in [0.3, 0.4) is 0 Å². The molecule has 0 saturated heterocycles. The average molecular weight is 487 g/mol. The van der Waals surface area contributed by atoms with Gasteiger partial charge in [-0.1, -0.05) is 60.7 Å². The number of nitrogens with zero attached hydrogens (tertiary/aromatic N) is 2. The second kappa shape index (κ2) is 10.3. The van der Waals surface area contributed by atoms with Gasteiger partial charge in [-0.2, -0.15) is 0 Å². The zero-order valence-electron chi connectivity index (χ0n) is 15.0. The fraction of sp³-hybridized carbons (Fsp3) is 0.100. The third-order valence-corrected chi connectivity index (χ3v) is 3.91. The smallest absolute Gasteiger partial charge is 0.318 e. The third kappa shape index (κ3) is 5.85. The van der Waals surface area contributed by atoms with E-state index in [1.54, 1.807) is 0 Å². The monoisotopic (exact) mass is 486 g/mol. The Hall–Kier alpha value is -3.28. The Kier molecular flexibility index (Phi) is 7.83. The zero-order chi connectivity index (χ0) is 19.9. The molecule has 3 aromatic rings. The number of hydrogen-bond acceptors (Lipinski definition) is 6. The Morgan fingerprint density at radius 3 is 1.38 bits per heavy atom. The quantitative estimate of drug-likeness (QED) is 0.260. The standard InChI is InChI=1S/C20H16N2O6.Pd/c23-21(24)17-11-18(22(25)26)20(28-14-16-9-5-2-6-10-16)12-19(17)27-13-15-7-3-1-4-8-15;/h1-12H,13-14H2;. The van der Waals surface area contributed by atoms with Crippen molar-refractivity contribution in [1.29, 1.82) is 0 Å². The van der Waals surface area contributed by atoms with Gasteiger partial charge >= 0.3 is 11.4 Å². The number of rotatable bonds is 8. The normalized spacial score (nSPS) is 9.93. The molecular formula is C20H16N2O6Pd. The molecular weight excluding hydrogens is 471 g/mol. The number of ether oxygens (including phenoxy) is 2. The molecule has 0 unspecified atom stereocenters. The predicted octanol–water partition coefficient (Wildman–Crippen LogP) is 4.66. The van der Waals surface area contributed by atoms with Crippen LogP contribution in [0.15, 0.2) is 72.8 Å². The summed E-state index contributed by atoms with van der Waals surface area (Å²) in [5, 5.41) is 22.7. The molecule has 0 aliphatic rings. The van der Waals surface area contributed by atoms with Gasteiger partial charge in [-0.15, -0.1) is 0 Å². The van der Waals surface area contributed by atoms with Gasteiger partial charge in [0.1, 0.15) is 19.3 Å². The Labute approximate surface area is 180 Å². The summed E-state index contributed by atoms with van der Waals surface area (Å²) in [6.45, 7) is 0.162. The van der Waals surface area contributed by atoms with Crippen LogP contribution in [0.4, 0.5) is 11.4 Å². The summed E-state index contributed by atoms with van der Waals surface area (Å²) in [4.78, 5) is 21.3. The van der Waals surface area contributed by atoms with Crippen LogP contribution in [0.5, 0.6) is 11.5 Å². The van der Waals surface area contributed by atoms with E-state index in [2.05, 4.69) is 0 Å². The Morgan fingerprint density at radius 1 is 0.655 bits per heavy atom. The molecule has 152 valence electrons. The second-order valence-electron chi connectivity index (χ2n) is 5.85. The van der Waals surface area contributed by atoms with Gasteiger partial charge in [-0.3, -0.25) is 20.2 Å². The van der Waals surface area contributed by atoms with Gasteiger partial charge in [0.05, 0.1) is 9.85 Å². The van der Waals surface area contributed by atoms with Gasteiger partial charge in [0.2, 0.25) is 11.5 Å². The van der Waals surface area contributed by atoms with Gasteiger partial charge in [0.15, 0.2) is 0 Å². The third-order valence-electron chi connectivity index (χ3n) is 3.91. The predicted molar refractivity (Wildman–Crippen MR) is 101 cm³/mol. The van der Waals surface area contributed by atoms with Gasteiger partial charge in [-0.05, 0) is 11.1 Å². The van der Waals surface area contributed by atoms with E-state index >= 15 is 0 Å². The van der Waals surface area contributed by atoms with Crippen molar-refractivity contribution >= 4 is 11.4 Å². The minimum absolute atomic E-state index is 0. The molecule has 29 heavy (non-hydrogen) atoms. The Morgan fingerprint density at radius 2 is 1.03 bits per heavy atom. The minimum Gasteiger partial charge on any atom is -0.482 e. The average Bonchev–Trinajstić information content (AvgIpc) is 2.71. The molecule has 0 aromatic heterocycles. The molecule has 0 spiro atoms. The van der Waals surface area contributed by atoms with Crippen LogP contribution in [0, 0.1) is 20.2 Å². The van der Waals surface area contributed by atoms with Crippen LogP contribution in [0.1, 0.15) is 11.1 Å². The van der Waals surface area contributed by atoms with Crippen molar-refractivity contribution in [3.8, 4) is 11.5 Å². The molecule has 0 amide bonds. The molecule has 3 rings (SSSR count). The van der Waals surface area contributed by atoms with Gasteiger partial charge in [0, 0.05) is 26.5 Å². The first-order valence-corrected chi connectivity index (χ1v) is 8.35. The van der Waals surface area contributed by atoms with Crippen molar-refractivity contribution < 1.29 is 39.7 Å². The van der Waals surface area contributed by atoms with Crippen LogP contribution in [0.2, 0.25) is 0 Å². The number of hydrogen-bond donors (Lipinski definition) is 0. The van der Waals surface area contributed by atoms with Crippen molar-refractivity contribution in [1.82, 2.24) is 0 Å². The summed E-state index contributed by atoms with van der Waals surface area (Å²) < 4.78 is 11.1. The van der Waals surface area contributed by atoms with Crippen LogP contribution in [-0.2, 0) is 33.6 Å². The maximum absolute atomic E-state index is 11.4. The minimum atomic E-state index is -0.714. The largest absolute Gasteiger partial charge is 0.482 e. The first-order valence-electron chi connectivity index (χ1n) is 8.35. The zero-order valence-corrected chi connectivity index (χ0v) is 16.6. The molecule has 0 fully saturated rings. The Balaban J connectivity index is 0.00000300. The van der Waals surface area contributed by atoms with Crippen molar-refractivity contribution in [2.45, 2.75) is 13.2 Å². The molecule has 0 saturated carbocycles. The summed E-state index contributed by atoms with van der Waals surface area (Å²) in [6, 6.07) is 20.2. The van der Waals surface area contributed by atoms with Crippen molar-refractivity contribution in [2.24, 2.45) is 0 Å². The number of benzene rings is 3. The summed E-state index contributed by atoms with van der Waals surface area (Å²) in [7, 11) is 0. The van der Waals surface area contributed by atoms with E-state index < -0.39 is 21.2 Å². The fourth-order valence-corrected chi connectivity index (χ4v) is 2.53. The van der Waals surface area contributed by atoms with E-state index in [0.29, 0.717) is 0 Å². The first kappa shape index (κ1) is 22.0. The Bertz CT molecular complexity index is 906. The maximum atomic E-state index is 11.4. The maximum Gasteiger partial charge on any atom is 0.318 e. The first-order chi connectivity index (χ1) is 13.5. The molecule has 8 nitrogen and oxygen atoms in total. The van der Waals surface area contributed by atoms with Gasteiger partial charge < -0.3 is 9.47 Å². The van der Waals surface area contributed by atoms with Crippen LogP contribution in [-0.4, -0.2) is 9.85 Å². The molecule has 0 atom stereocenters. The van der Waals surface area contributed by atoms with E-state index in [0.717, 1.165) is 17.2 Å². The van der Waals surface area contributed by atoms with Crippen LogP contribution >= 0.6 is 0 Å². The summed E-state index contributed by atoms with van der Waals surface area (Å²) in [5.74, 6) is -0.190. The molecule has 0 radical (unpaired) electrons. The fourth-order valence-electron chi connectivity index (χ4n) is 2.53. The second-order valence-corrected chi connectivity index (χ2v) is 5.85. The van der Waals surface area contributed by atoms with Gasteiger partial charge in [-0.25, -0.2) is 0 Å². The van der Waals surface area contributed by atoms with E-state index in [-0.39, 0.29) is 45.1 Å². The van der Waals surface area contributed by atoms with Crippen molar-refractivity contribution in [3.05, 3.63) is 104 Å². The number of nitro groups is 2. The van der Waals surface area contributed by atoms with Crippen LogP contribution < -0.4 is 9.47 Å². The van der Waals surface area contributed by atoms with Crippen molar-refractivity contribution in [2.75, 3.05) is 0 Å². The molecule has 0 aliphatic heterocycles. The topological polar surface area (TPSA) is 105 Å². The van der Waals surface area contributed by atoms with E-state index in [1.807, 2.05) is 60.7 Å². The molecule has 0 heterocycles. The summed E-state index contributed by atoms with van der Waals surface area (Å²) in [6.07, 6.45) is 0. The summed E-state index contributed by atoms with van der Waals surface area (Å²) >= 11 is 0. The van der Waals surface area contributed by atoms with E-state index in [9.17, 15) is 20.2 Å². The van der Waals surface area contributed by atoms with Gasteiger partial charge in [0.25, 0.3) is 0 Å². The number of nitro benzene ring substituents is 2. The molecule has 9 heteroatoms. The van der Waals surface area contributed by atoms with Crippen LogP contribution in [0.25, 0.3) is 0 Å². The summed E-state index contributed by atoms with van der Waals surface area (Å²) in [5.41, 5.74) is 0.633. The molecule has 0 bridgehead atoms. The van der Waals surface area contributed by atoms with E-state index in [4.69, 9.17) is 9.47 Å². The van der Waals surface area contributed by atoms with E-state index in [1.165, 1.54) is 6.07 Å². The molecule has 0 aliphatic carbocycles. The SMILES string of the molecule is O=[N+]([O-])c1cc([N+](=O)[O-])c(OCc2ccccc2)cc1OCc1ccccc1.[Pd].